The van der Waals surface area contributed by atoms with Gasteiger partial charge in [-0.25, -0.2) is 4.79 Å². The zero-order valence-corrected chi connectivity index (χ0v) is 13.3. The molecule has 3 aromatic rings. The number of nitrogens with zero attached hydrogens (tertiary/aromatic N) is 2. The maximum absolute atomic E-state index is 11.3. The van der Waals surface area contributed by atoms with Crippen molar-refractivity contribution < 1.29 is 4.79 Å². The van der Waals surface area contributed by atoms with E-state index in [1.807, 2.05) is 32.0 Å². The van der Waals surface area contributed by atoms with Crippen LogP contribution in [0.4, 0.5) is 16.3 Å². The minimum absolute atomic E-state index is 0.262. The van der Waals surface area contributed by atoms with Crippen LogP contribution in [0.15, 0.2) is 36.5 Å². The van der Waals surface area contributed by atoms with Gasteiger partial charge in [0.05, 0.1) is 16.6 Å². The summed E-state index contributed by atoms with van der Waals surface area (Å²) in [6, 6.07) is 8.92. The summed E-state index contributed by atoms with van der Waals surface area (Å²) in [6.07, 6.45) is 1.70. The van der Waals surface area contributed by atoms with Crippen LogP contribution in [0.3, 0.4) is 0 Å². The standard InChI is InChI=1S/C14H14N6O.C2H6/c1-16-14(21)18-9-4-2-8(3-5-9)12-11-10(6-7-17-12)19-20-13(11)15;1-2/h2-7H,1H3,(H3,15,19,20)(H2,16,18,21);1-2H3. The highest BCUT2D eigenvalue weighted by molar-refractivity contribution is 5.99. The van der Waals surface area contributed by atoms with Gasteiger partial charge in [0.2, 0.25) is 0 Å². The van der Waals surface area contributed by atoms with Gasteiger partial charge in [-0.1, -0.05) is 26.0 Å². The van der Waals surface area contributed by atoms with E-state index in [4.69, 9.17) is 5.73 Å². The maximum Gasteiger partial charge on any atom is 0.318 e. The van der Waals surface area contributed by atoms with Gasteiger partial charge in [0.1, 0.15) is 0 Å². The number of fused-ring (bicyclic) bond motifs is 1. The first-order chi connectivity index (χ1) is 11.2. The van der Waals surface area contributed by atoms with Gasteiger partial charge in [-0.2, -0.15) is 5.10 Å². The van der Waals surface area contributed by atoms with Crippen molar-refractivity contribution in [2.45, 2.75) is 13.8 Å². The number of carbonyl (C=O) groups is 1. The number of H-pyrrole nitrogens is 1. The summed E-state index contributed by atoms with van der Waals surface area (Å²) < 4.78 is 0. The van der Waals surface area contributed by atoms with Crippen molar-refractivity contribution in [3.63, 3.8) is 0 Å². The molecular formula is C16H20N6O. The Morgan fingerprint density at radius 1 is 1.17 bits per heavy atom. The van der Waals surface area contributed by atoms with Gasteiger partial charge in [0, 0.05) is 24.5 Å². The molecule has 1 aromatic carbocycles. The molecule has 2 heterocycles. The summed E-state index contributed by atoms with van der Waals surface area (Å²) in [5.41, 5.74) is 9.07. The lowest BCUT2D eigenvalue weighted by atomic mass is 10.1. The van der Waals surface area contributed by atoms with E-state index in [9.17, 15) is 4.79 Å². The normalized spacial score (nSPS) is 9.87. The van der Waals surface area contributed by atoms with Crippen molar-refractivity contribution in [2.24, 2.45) is 0 Å². The number of amides is 2. The van der Waals surface area contributed by atoms with E-state index < -0.39 is 0 Å². The van der Waals surface area contributed by atoms with Crippen LogP contribution in [0.25, 0.3) is 22.2 Å². The molecule has 7 heteroatoms. The average Bonchev–Trinajstić information content (AvgIpc) is 2.99. The number of nitrogen functional groups attached to an aromatic ring is 1. The van der Waals surface area contributed by atoms with E-state index in [1.165, 1.54) is 0 Å². The van der Waals surface area contributed by atoms with Crippen molar-refractivity contribution in [1.29, 1.82) is 0 Å². The van der Waals surface area contributed by atoms with Gasteiger partial charge in [0.15, 0.2) is 5.82 Å². The topological polar surface area (TPSA) is 109 Å². The SMILES string of the molecule is CC.CNC(=O)Nc1ccc(-c2nccc3[nH]nc(N)c23)cc1. The molecule has 0 fully saturated rings. The quantitative estimate of drug-likeness (QED) is 0.583. The van der Waals surface area contributed by atoms with Crippen LogP contribution in [-0.2, 0) is 0 Å². The number of aromatic amines is 1. The monoisotopic (exact) mass is 312 g/mol. The molecule has 0 saturated heterocycles. The number of aromatic nitrogens is 3. The Labute approximate surface area is 134 Å². The zero-order valence-electron chi connectivity index (χ0n) is 13.3. The molecule has 0 bridgehead atoms. The summed E-state index contributed by atoms with van der Waals surface area (Å²) in [6.45, 7) is 4.00. The van der Waals surface area contributed by atoms with Crippen LogP contribution in [0.1, 0.15) is 13.8 Å². The van der Waals surface area contributed by atoms with Crippen molar-refractivity contribution >= 4 is 28.4 Å². The molecule has 7 nitrogen and oxygen atoms in total. The highest BCUT2D eigenvalue weighted by atomic mass is 16.2. The minimum atomic E-state index is -0.262. The number of nitrogens with one attached hydrogen (secondary N) is 3. The van der Waals surface area contributed by atoms with E-state index >= 15 is 0 Å². The third-order valence-corrected chi connectivity index (χ3v) is 3.15. The summed E-state index contributed by atoms with van der Waals surface area (Å²) in [5, 5.41) is 12.9. The lowest BCUT2D eigenvalue weighted by Crippen LogP contribution is -2.24. The van der Waals surface area contributed by atoms with Crippen molar-refractivity contribution in [2.75, 3.05) is 18.1 Å². The van der Waals surface area contributed by atoms with Crippen LogP contribution < -0.4 is 16.4 Å². The fourth-order valence-electron chi connectivity index (χ4n) is 2.11. The largest absolute Gasteiger partial charge is 0.382 e. The van der Waals surface area contributed by atoms with Crippen molar-refractivity contribution in [1.82, 2.24) is 20.5 Å². The maximum atomic E-state index is 11.3. The zero-order chi connectivity index (χ0) is 16.8. The Kier molecular flexibility index (Phi) is 5.14. The molecule has 2 amide bonds. The molecule has 5 N–H and O–H groups in total. The fraction of sp³-hybridized carbons (Fsp3) is 0.188. The van der Waals surface area contributed by atoms with E-state index in [1.54, 1.807) is 25.4 Å². The van der Waals surface area contributed by atoms with Gasteiger partial charge < -0.3 is 16.4 Å². The Morgan fingerprint density at radius 2 is 1.87 bits per heavy atom. The van der Waals surface area contributed by atoms with Crippen molar-refractivity contribution in [3.05, 3.63) is 36.5 Å². The molecule has 0 radical (unpaired) electrons. The first kappa shape index (κ1) is 16.3. The number of rotatable bonds is 2. The molecule has 2 aromatic heterocycles. The number of pyridine rings is 1. The lowest BCUT2D eigenvalue weighted by Gasteiger charge is -2.06. The minimum Gasteiger partial charge on any atom is -0.382 e. The van der Waals surface area contributed by atoms with Crippen LogP contribution in [0.2, 0.25) is 0 Å². The van der Waals surface area contributed by atoms with E-state index in [2.05, 4.69) is 25.8 Å². The van der Waals surface area contributed by atoms with Crippen LogP contribution in [0, 0.1) is 0 Å². The lowest BCUT2D eigenvalue weighted by molar-refractivity contribution is 0.254. The Bertz CT molecular complexity index is 794. The third-order valence-electron chi connectivity index (χ3n) is 3.15. The summed E-state index contributed by atoms with van der Waals surface area (Å²) in [5.74, 6) is 0.417. The molecule has 0 saturated carbocycles. The number of carbonyl (C=O) groups excluding carboxylic acids is 1. The number of hydrogen-bond donors (Lipinski definition) is 4. The number of benzene rings is 1. The number of urea groups is 1. The Morgan fingerprint density at radius 3 is 2.52 bits per heavy atom. The van der Waals surface area contributed by atoms with Gasteiger partial charge in [-0.3, -0.25) is 10.1 Å². The molecule has 0 aliphatic carbocycles. The van der Waals surface area contributed by atoms with E-state index in [-0.39, 0.29) is 6.03 Å². The van der Waals surface area contributed by atoms with Gasteiger partial charge in [-0.05, 0) is 18.2 Å². The molecule has 3 rings (SSSR count). The molecule has 0 aliphatic heterocycles. The highest BCUT2D eigenvalue weighted by Gasteiger charge is 2.11. The first-order valence-electron chi connectivity index (χ1n) is 7.37. The molecule has 0 aliphatic rings. The van der Waals surface area contributed by atoms with Gasteiger partial charge in [-0.15, -0.1) is 0 Å². The average molecular weight is 312 g/mol. The molecule has 120 valence electrons. The predicted molar refractivity (Wildman–Crippen MR) is 93.2 cm³/mol. The number of anilines is 2. The molecule has 0 atom stereocenters. The first-order valence-corrected chi connectivity index (χ1v) is 7.37. The second-order valence-corrected chi connectivity index (χ2v) is 4.47. The van der Waals surface area contributed by atoms with Gasteiger partial charge >= 0.3 is 6.03 Å². The second kappa shape index (κ2) is 7.26. The number of nitrogens with two attached hydrogens (primary N) is 1. The molecule has 0 spiro atoms. The van der Waals surface area contributed by atoms with E-state index in [0.29, 0.717) is 11.5 Å². The molecule has 0 unspecified atom stereocenters. The predicted octanol–water partition coefficient (Wildman–Crippen LogP) is 2.98. The Hall–Kier alpha value is -3.09. The van der Waals surface area contributed by atoms with Crippen LogP contribution >= 0.6 is 0 Å². The van der Waals surface area contributed by atoms with Gasteiger partial charge in [0.25, 0.3) is 0 Å². The summed E-state index contributed by atoms with van der Waals surface area (Å²) >= 11 is 0. The third kappa shape index (κ3) is 3.39. The molecular weight excluding hydrogens is 292 g/mol. The highest BCUT2D eigenvalue weighted by Crippen LogP contribution is 2.29. The smallest absolute Gasteiger partial charge is 0.318 e. The van der Waals surface area contributed by atoms with Crippen LogP contribution in [-0.4, -0.2) is 28.3 Å². The van der Waals surface area contributed by atoms with E-state index in [0.717, 1.165) is 22.2 Å². The fourth-order valence-corrected chi connectivity index (χ4v) is 2.11. The Balaban J connectivity index is 0.000000924. The number of hydrogen-bond acceptors (Lipinski definition) is 4. The second-order valence-electron chi connectivity index (χ2n) is 4.47. The van der Waals surface area contributed by atoms with Crippen LogP contribution in [0.5, 0.6) is 0 Å². The summed E-state index contributed by atoms with van der Waals surface area (Å²) in [7, 11) is 1.57. The molecule has 23 heavy (non-hydrogen) atoms. The summed E-state index contributed by atoms with van der Waals surface area (Å²) in [4.78, 5) is 15.6. The van der Waals surface area contributed by atoms with Crippen molar-refractivity contribution in [3.8, 4) is 11.3 Å².